The molecular formula is C20H23N3O4. The molecule has 1 aromatic carbocycles. The van der Waals surface area contributed by atoms with E-state index in [9.17, 15) is 9.59 Å². The van der Waals surface area contributed by atoms with E-state index >= 15 is 0 Å². The second-order valence-corrected chi connectivity index (χ2v) is 6.85. The summed E-state index contributed by atoms with van der Waals surface area (Å²) in [6.45, 7) is 5.24. The zero-order chi connectivity index (χ0) is 18.8. The van der Waals surface area contributed by atoms with Crippen LogP contribution in [-0.2, 0) is 0 Å². The van der Waals surface area contributed by atoms with Crippen LogP contribution < -0.4 is 9.47 Å². The predicted molar refractivity (Wildman–Crippen MR) is 99.4 cm³/mol. The number of nitrogens with zero attached hydrogens (tertiary/aromatic N) is 2. The fourth-order valence-corrected chi connectivity index (χ4v) is 3.55. The first-order chi connectivity index (χ1) is 13.1. The number of carbonyl (C=O) groups is 2. The molecule has 1 N–H and O–H groups in total. The first kappa shape index (κ1) is 17.5. The summed E-state index contributed by atoms with van der Waals surface area (Å²) in [6.07, 6.45) is 4.20. The van der Waals surface area contributed by atoms with Crippen molar-refractivity contribution in [2.24, 2.45) is 0 Å². The number of aromatic nitrogens is 1. The van der Waals surface area contributed by atoms with Crippen LogP contribution in [0.15, 0.2) is 30.6 Å². The van der Waals surface area contributed by atoms with E-state index in [1.807, 2.05) is 22.8 Å². The number of hydrogen-bond acceptors (Lipinski definition) is 4. The van der Waals surface area contributed by atoms with Gasteiger partial charge in [-0.25, -0.2) is 0 Å². The van der Waals surface area contributed by atoms with Crippen molar-refractivity contribution >= 4 is 11.8 Å². The van der Waals surface area contributed by atoms with E-state index in [4.69, 9.17) is 9.47 Å². The summed E-state index contributed by atoms with van der Waals surface area (Å²) >= 11 is 0. The highest BCUT2D eigenvalue weighted by atomic mass is 16.6. The molecule has 3 heterocycles. The maximum Gasteiger partial charge on any atom is 0.255 e. The standard InChI is InChI=1S/C20H23N3O4/c1-14-11-17-18(27-10-9-26-17)12-16(14)20(25)23-6-2-5-22(7-8-23)19(24)15-3-4-21-13-15/h3-4,11-13,21H,2,5-10H2,1H3. The number of aryl methyl sites for hydroxylation is 1. The molecule has 0 aliphatic carbocycles. The van der Waals surface area contributed by atoms with Crippen molar-refractivity contribution in [3.05, 3.63) is 47.3 Å². The number of fused-ring (bicyclic) bond motifs is 1. The number of carbonyl (C=O) groups excluding carboxylic acids is 2. The van der Waals surface area contributed by atoms with Crippen molar-refractivity contribution in [1.82, 2.24) is 14.8 Å². The van der Waals surface area contributed by atoms with Crippen LogP contribution in [0, 0.1) is 6.92 Å². The Labute approximate surface area is 157 Å². The smallest absolute Gasteiger partial charge is 0.255 e. The van der Waals surface area contributed by atoms with Crippen molar-refractivity contribution in [1.29, 1.82) is 0 Å². The zero-order valence-corrected chi connectivity index (χ0v) is 15.4. The molecular weight excluding hydrogens is 346 g/mol. The summed E-state index contributed by atoms with van der Waals surface area (Å²) in [4.78, 5) is 32.2. The molecule has 1 aromatic heterocycles. The highest BCUT2D eigenvalue weighted by Gasteiger charge is 2.26. The third-order valence-corrected chi connectivity index (χ3v) is 5.03. The summed E-state index contributed by atoms with van der Waals surface area (Å²) in [5.41, 5.74) is 2.15. The molecule has 0 atom stereocenters. The second kappa shape index (κ2) is 7.34. The van der Waals surface area contributed by atoms with Gasteiger partial charge in [0.15, 0.2) is 11.5 Å². The summed E-state index contributed by atoms with van der Waals surface area (Å²) in [5, 5.41) is 0. The quantitative estimate of drug-likeness (QED) is 0.880. The first-order valence-electron chi connectivity index (χ1n) is 9.25. The highest BCUT2D eigenvalue weighted by molar-refractivity contribution is 5.97. The number of H-pyrrole nitrogens is 1. The SMILES string of the molecule is Cc1cc2c(cc1C(=O)N1CCCN(C(=O)c3cc[nH]c3)CC1)OCCO2. The Bertz CT molecular complexity index is 847. The van der Waals surface area contributed by atoms with Gasteiger partial charge in [-0.2, -0.15) is 0 Å². The maximum atomic E-state index is 13.1. The lowest BCUT2D eigenvalue weighted by Gasteiger charge is -2.24. The van der Waals surface area contributed by atoms with Gasteiger partial charge in [0.1, 0.15) is 13.2 Å². The Morgan fingerprint density at radius 1 is 0.963 bits per heavy atom. The minimum absolute atomic E-state index is 0.000981. The number of benzene rings is 1. The molecule has 1 fully saturated rings. The highest BCUT2D eigenvalue weighted by Crippen LogP contribution is 2.33. The van der Waals surface area contributed by atoms with Crippen LogP contribution in [0.5, 0.6) is 11.5 Å². The van der Waals surface area contributed by atoms with Gasteiger partial charge in [-0.3, -0.25) is 9.59 Å². The molecule has 0 radical (unpaired) electrons. The van der Waals surface area contributed by atoms with Crippen LogP contribution in [0.1, 0.15) is 32.7 Å². The summed E-state index contributed by atoms with van der Waals surface area (Å²) in [7, 11) is 0. The summed E-state index contributed by atoms with van der Waals surface area (Å²) in [5.74, 6) is 1.28. The molecule has 0 saturated carbocycles. The van der Waals surface area contributed by atoms with Gasteiger partial charge in [-0.1, -0.05) is 0 Å². The lowest BCUT2D eigenvalue weighted by atomic mass is 10.1. The number of rotatable bonds is 2. The van der Waals surface area contributed by atoms with E-state index in [2.05, 4.69) is 4.98 Å². The molecule has 2 amide bonds. The number of nitrogens with one attached hydrogen (secondary N) is 1. The van der Waals surface area contributed by atoms with Gasteiger partial charge in [0.05, 0.1) is 5.56 Å². The molecule has 27 heavy (non-hydrogen) atoms. The van der Waals surface area contributed by atoms with E-state index in [0.29, 0.717) is 62.0 Å². The van der Waals surface area contributed by atoms with Gasteiger partial charge in [0, 0.05) is 44.1 Å². The lowest BCUT2D eigenvalue weighted by molar-refractivity contribution is 0.0718. The minimum Gasteiger partial charge on any atom is -0.486 e. The topological polar surface area (TPSA) is 74.9 Å². The molecule has 4 rings (SSSR count). The summed E-state index contributed by atoms with van der Waals surface area (Å²) < 4.78 is 11.2. The molecule has 2 aliphatic heterocycles. The normalized spacial score (nSPS) is 16.8. The maximum absolute atomic E-state index is 13.1. The fraction of sp³-hybridized carbons (Fsp3) is 0.400. The van der Waals surface area contributed by atoms with Crippen molar-refractivity contribution in [2.75, 3.05) is 39.4 Å². The Kier molecular flexibility index (Phi) is 4.75. The van der Waals surface area contributed by atoms with Crippen molar-refractivity contribution in [2.45, 2.75) is 13.3 Å². The Balaban J connectivity index is 1.48. The third kappa shape index (κ3) is 3.49. The molecule has 1 saturated heterocycles. The van der Waals surface area contributed by atoms with Crippen molar-refractivity contribution < 1.29 is 19.1 Å². The lowest BCUT2D eigenvalue weighted by Crippen LogP contribution is -2.37. The van der Waals surface area contributed by atoms with Gasteiger partial charge in [0.25, 0.3) is 11.8 Å². The van der Waals surface area contributed by atoms with E-state index in [1.165, 1.54) is 0 Å². The van der Waals surface area contributed by atoms with Crippen LogP contribution in [-0.4, -0.2) is 66.0 Å². The van der Waals surface area contributed by atoms with E-state index in [1.54, 1.807) is 24.5 Å². The second-order valence-electron chi connectivity index (χ2n) is 6.85. The minimum atomic E-state index is -0.0274. The van der Waals surface area contributed by atoms with Gasteiger partial charge >= 0.3 is 0 Å². The summed E-state index contributed by atoms with van der Waals surface area (Å²) in [6, 6.07) is 5.41. The number of amides is 2. The van der Waals surface area contributed by atoms with Crippen LogP contribution in [0.4, 0.5) is 0 Å². The fourth-order valence-electron chi connectivity index (χ4n) is 3.55. The van der Waals surface area contributed by atoms with Crippen LogP contribution in [0.2, 0.25) is 0 Å². The van der Waals surface area contributed by atoms with E-state index < -0.39 is 0 Å². The average Bonchev–Trinajstić information content (AvgIpc) is 3.11. The van der Waals surface area contributed by atoms with E-state index in [0.717, 1.165) is 12.0 Å². The van der Waals surface area contributed by atoms with Gasteiger partial charge < -0.3 is 24.3 Å². The third-order valence-electron chi connectivity index (χ3n) is 5.03. The van der Waals surface area contributed by atoms with E-state index in [-0.39, 0.29) is 11.8 Å². The largest absolute Gasteiger partial charge is 0.486 e. The molecule has 0 unspecified atom stereocenters. The monoisotopic (exact) mass is 369 g/mol. The van der Waals surface area contributed by atoms with Crippen molar-refractivity contribution in [3.63, 3.8) is 0 Å². The Morgan fingerprint density at radius 2 is 1.63 bits per heavy atom. The molecule has 0 bridgehead atoms. The number of ether oxygens (including phenoxy) is 2. The molecule has 2 aromatic rings. The molecule has 0 spiro atoms. The van der Waals surface area contributed by atoms with Crippen LogP contribution in [0.3, 0.4) is 0 Å². The predicted octanol–water partition coefficient (Wildman–Crippen LogP) is 2.08. The van der Waals surface area contributed by atoms with Crippen LogP contribution in [0.25, 0.3) is 0 Å². The van der Waals surface area contributed by atoms with Gasteiger partial charge in [-0.15, -0.1) is 0 Å². The Morgan fingerprint density at radius 3 is 2.30 bits per heavy atom. The molecule has 7 heteroatoms. The molecule has 7 nitrogen and oxygen atoms in total. The first-order valence-corrected chi connectivity index (χ1v) is 9.25. The molecule has 2 aliphatic rings. The van der Waals surface area contributed by atoms with Crippen molar-refractivity contribution in [3.8, 4) is 11.5 Å². The number of aromatic amines is 1. The molecule has 142 valence electrons. The Hall–Kier alpha value is -2.96. The zero-order valence-electron chi connectivity index (χ0n) is 15.4. The average molecular weight is 369 g/mol. The van der Waals surface area contributed by atoms with Gasteiger partial charge in [0.2, 0.25) is 0 Å². The number of hydrogen-bond donors (Lipinski definition) is 1. The van der Waals surface area contributed by atoms with Crippen LogP contribution >= 0.6 is 0 Å². The van der Waals surface area contributed by atoms with Gasteiger partial charge in [-0.05, 0) is 37.1 Å².